The summed E-state index contributed by atoms with van der Waals surface area (Å²) in [5.74, 6) is 5.64. The van der Waals surface area contributed by atoms with Gasteiger partial charge >= 0.3 is 0 Å². The minimum atomic E-state index is 0.858. The summed E-state index contributed by atoms with van der Waals surface area (Å²) in [6, 6.07) is 0. The Bertz CT molecular complexity index is 255. The van der Waals surface area contributed by atoms with E-state index in [-0.39, 0.29) is 0 Å². The normalized spacial score (nSPS) is 60.2. The molecule has 0 saturated heterocycles. The first kappa shape index (κ1) is 9.04. The van der Waals surface area contributed by atoms with Crippen molar-refractivity contribution in [2.24, 2.45) is 35.0 Å². The zero-order valence-corrected chi connectivity index (χ0v) is 9.84. The summed E-state index contributed by atoms with van der Waals surface area (Å²) >= 11 is 0. The summed E-state index contributed by atoms with van der Waals surface area (Å²) in [6.45, 7) is 1.29. The van der Waals surface area contributed by atoms with Crippen LogP contribution in [0.5, 0.6) is 0 Å². The molecule has 5 saturated carbocycles. The Kier molecular flexibility index (Phi) is 1.68. The van der Waals surface area contributed by atoms with Gasteiger partial charge in [0.1, 0.15) is 0 Å². The van der Waals surface area contributed by atoms with Crippen molar-refractivity contribution in [3.63, 3.8) is 0 Å². The zero-order chi connectivity index (χ0) is 10.0. The van der Waals surface area contributed by atoms with Crippen molar-refractivity contribution in [2.45, 2.75) is 38.5 Å². The minimum Gasteiger partial charge on any atom is -0.319 e. The van der Waals surface area contributed by atoms with E-state index in [2.05, 4.69) is 12.4 Å². The van der Waals surface area contributed by atoms with Crippen molar-refractivity contribution in [3.8, 4) is 0 Å². The van der Waals surface area contributed by atoms with Gasteiger partial charge in [0.2, 0.25) is 0 Å². The number of hydrogen-bond acceptors (Lipinski definition) is 1. The summed E-state index contributed by atoms with van der Waals surface area (Å²) in [5, 5.41) is 3.41. The van der Waals surface area contributed by atoms with Gasteiger partial charge in [-0.1, -0.05) is 0 Å². The largest absolute Gasteiger partial charge is 0.319 e. The van der Waals surface area contributed by atoms with E-state index in [1.54, 1.807) is 38.5 Å². The Labute approximate surface area is 93.0 Å². The lowest BCUT2D eigenvalue weighted by molar-refractivity contribution is -0.0597. The van der Waals surface area contributed by atoms with Crippen LogP contribution in [0.4, 0.5) is 0 Å². The van der Waals surface area contributed by atoms with Crippen molar-refractivity contribution >= 4 is 0 Å². The van der Waals surface area contributed by atoms with Gasteiger partial charge in [-0.2, -0.15) is 0 Å². The van der Waals surface area contributed by atoms with Gasteiger partial charge in [-0.05, 0) is 87.1 Å². The second-order valence-corrected chi connectivity index (χ2v) is 6.88. The van der Waals surface area contributed by atoms with Crippen LogP contribution in [0.3, 0.4) is 0 Å². The second-order valence-electron chi connectivity index (χ2n) is 6.88. The molecular formula is C14H23N. The maximum absolute atomic E-state index is 3.41. The molecule has 15 heavy (non-hydrogen) atoms. The lowest BCUT2D eigenvalue weighted by Gasteiger charge is -2.56. The molecule has 1 nitrogen and oxygen atoms in total. The third-order valence-electron chi connectivity index (χ3n) is 6.31. The van der Waals surface area contributed by atoms with Crippen molar-refractivity contribution in [3.05, 3.63) is 0 Å². The lowest BCUT2D eigenvalue weighted by Crippen LogP contribution is -2.47. The molecule has 0 heterocycles. The molecule has 5 fully saturated rings. The molecule has 0 radical (unpaired) electrons. The molecule has 5 aliphatic carbocycles. The van der Waals surface area contributed by atoms with Crippen molar-refractivity contribution in [1.82, 2.24) is 5.32 Å². The third-order valence-corrected chi connectivity index (χ3v) is 6.31. The summed E-state index contributed by atoms with van der Waals surface area (Å²) in [7, 11) is 2.13. The predicted octanol–water partition coefficient (Wildman–Crippen LogP) is 2.67. The molecule has 0 aliphatic heterocycles. The highest BCUT2D eigenvalue weighted by Crippen LogP contribution is 2.74. The van der Waals surface area contributed by atoms with Crippen LogP contribution < -0.4 is 5.32 Å². The fourth-order valence-electron chi connectivity index (χ4n) is 5.94. The number of hydrogen-bond donors (Lipinski definition) is 1. The third kappa shape index (κ3) is 1.03. The second kappa shape index (κ2) is 2.80. The number of nitrogens with one attached hydrogen (secondary N) is 1. The first-order valence-electron chi connectivity index (χ1n) is 6.97. The van der Waals surface area contributed by atoms with Gasteiger partial charge in [-0.3, -0.25) is 0 Å². The lowest BCUT2D eigenvalue weighted by atomic mass is 9.49. The Hall–Kier alpha value is -0.0400. The van der Waals surface area contributed by atoms with Crippen LogP contribution in [0.1, 0.15) is 38.5 Å². The molecule has 1 atom stereocenters. The molecule has 4 bridgehead atoms. The molecule has 0 aromatic carbocycles. The maximum atomic E-state index is 3.41. The summed E-state index contributed by atoms with van der Waals surface area (Å²) in [6.07, 6.45) is 9.59. The topological polar surface area (TPSA) is 12.0 Å². The smallest absolute Gasteiger partial charge is 0.00178 e. The van der Waals surface area contributed by atoms with Crippen LogP contribution in [0, 0.1) is 35.0 Å². The first-order chi connectivity index (χ1) is 7.33. The van der Waals surface area contributed by atoms with E-state index in [1.807, 2.05) is 0 Å². The molecule has 0 aromatic heterocycles. The van der Waals surface area contributed by atoms with E-state index in [4.69, 9.17) is 0 Å². The van der Waals surface area contributed by atoms with E-state index in [0.29, 0.717) is 0 Å². The molecular weight excluding hydrogens is 182 g/mol. The maximum Gasteiger partial charge on any atom is -0.00178 e. The van der Waals surface area contributed by atoms with Gasteiger partial charge in [0.25, 0.3) is 0 Å². The molecule has 1 spiro atoms. The molecule has 0 aromatic rings. The molecule has 5 rings (SSSR count). The van der Waals surface area contributed by atoms with Crippen LogP contribution in [-0.2, 0) is 0 Å². The quantitative estimate of drug-likeness (QED) is 0.731. The van der Waals surface area contributed by atoms with Gasteiger partial charge in [0.05, 0.1) is 0 Å². The highest BCUT2D eigenvalue weighted by molar-refractivity contribution is 5.17. The fraction of sp³-hybridized carbons (Fsp3) is 1.00. The Morgan fingerprint density at radius 3 is 2.13 bits per heavy atom. The van der Waals surface area contributed by atoms with Crippen LogP contribution >= 0.6 is 0 Å². The van der Waals surface area contributed by atoms with Crippen LogP contribution in [0.15, 0.2) is 0 Å². The monoisotopic (exact) mass is 205 g/mol. The van der Waals surface area contributed by atoms with Gasteiger partial charge < -0.3 is 5.32 Å². The first-order valence-corrected chi connectivity index (χ1v) is 6.97. The number of rotatable bonds is 2. The van der Waals surface area contributed by atoms with Crippen molar-refractivity contribution in [1.29, 1.82) is 0 Å². The molecule has 0 amide bonds. The molecule has 1 N–H and O–H groups in total. The standard InChI is InChI=1S/C14H23N/c1-15-8-13-7-14(13)11-3-9-2-10(5-11)6-12(14)4-9/h9-13,15H,2-8H2,1H3/t9?,10?,11?,12?,13-,14?/m1/s1. The summed E-state index contributed by atoms with van der Waals surface area (Å²) in [5.41, 5.74) is 0.858. The van der Waals surface area contributed by atoms with Crippen LogP contribution in [-0.4, -0.2) is 13.6 Å². The van der Waals surface area contributed by atoms with Gasteiger partial charge in [-0.25, -0.2) is 0 Å². The Morgan fingerprint density at radius 1 is 1.00 bits per heavy atom. The summed E-state index contributed by atoms with van der Waals surface area (Å²) in [4.78, 5) is 0. The van der Waals surface area contributed by atoms with E-state index >= 15 is 0 Å². The van der Waals surface area contributed by atoms with Gasteiger partial charge in [0, 0.05) is 0 Å². The average Bonchev–Trinajstić information content (AvgIpc) is 2.90. The van der Waals surface area contributed by atoms with Gasteiger partial charge in [0.15, 0.2) is 0 Å². The molecule has 1 heteroatoms. The SMILES string of the molecule is CNC[C@H]1CC12C1CC3CC(C1)CC2C3. The van der Waals surface area contributed by atoms with E-state index in [1.165, 1.54) is 6.54 Å². The highest BCUT2D eigenvalue weighted by Gasteiger charge is 2.67. The average molecular weight is 205 g/mol. The van der Waals surface area contributed by atoms with E-state index in [0.717, 1.165) is 35.0 Å². The van der Waals surface area contributed by atoms with E-state index < -0.39 is 0 Å². The van der Waals surface area contributed by atoms with Gasteiger partial charge in [-0.15, -0.1) is 0 Å². The molecule has 5 aliphatic rings. The zero-order valence-electron chi connectivity index (χ0n) is 9.84. The summed E-state index contributed by atoms with van der Waals surface area (Å²) < 4.78 is 0. The molecule has 84 valence electrons. The van der Waals surface area contributed by atoms with Crippen LogP contribution in [0.2, 0.25) is 0 Å². The van der Waals surface area contributed by atoms with Crippen LogP contribution in [0.25, 0.3) is 0 Å². The Morgan fingerprint density at radius 2 is 1.60 bits per heavy atom. The predicted molar refractivity (Wildman–Crippen MR) is 61.5 cm³/mol. The van der Waals surface area contributed by atoms with Crippen molar-refractivity contribution < 1.29 is 0 Å². The van der Waals surface area contributed by atoms with E-state index in [9.17, 15) is 0 Å². The molecule has 0 unspecified atom stereocenters. The fourth-order valence-corrected chi connectivity index (χ4v) is 5.94. The van der Waals surface area contributed by atoms with Crippen molar-refractivity contribution in [2.75, 3.05) is 13.6 Å². The highest BCUT2D eigenvalue weighted by atomic mass is 14.9. The minimum absolute atomic E-state index is 0.858. The Balaban J connectivity index is 1.62.